The van der Waals surface area contributed by atoms with Gasteiger partial charge in [0.2, 0.25) is 0 Å². The Labute approximate surface area is 238 Å². The van der Waals surface area contributed by atoms with Gasteiger partial charge in [-0.15, -0.1) is 0 Å². The maximum Gasteiger partial charge on any atom is 0.338 e. The molecule has 1 aliphatic carbocycles. The Balaban J connectivity index is 1.39. The number of Topliss-reactive ketones (excluding diaryl/α,β-unsaturated/α-hetero) is 2. The average molecular weight is 563 g/mol. The molecule has 10 nitrogen and oxygen atoms in total. The molecular formula is C32H22N2O8. The summed E-state index contributed by atoms with van der Waals surface area (Å²) in [6, 6.07) is 16.5. The lowest BCUT2D eigenvalue weighted by Gasteiger charge is -2.17. The number of esters is 2. The summed E-state index contributed by atoms with van der Waals surface area (Å²) in [6.45, 7) is 3.64. The molecule has 3 aromatic carbocycles. The van der Waals surface area contributed by atoms with Crippen LogP contribution in [0, 0.1) is 0 Å². The summed E-state index contributed by atoms with van der Waals surface area (Å²) >= 11 is 0. The SMILES string of the molecule is CCOC(=O)c1ccc2c(c1)C(=O)C(c1ccc3cccc(N4C(=O)c5ccc(C(=O)OCC)cc5C4=O)c3n1)C2=O. The van der Waals surface area contributed by atoms with Crippen molar-refractivity contribution >= 4 is 51.9 Å². The fraction of sp³-hybridized carbons (Fsp3) is 0.156. The number of benzene rings is 3. The lowest BCUT2D eigenvalue weighted by atomic mass is 9.98. The maximum absolute atomic E-state index is 13.5. The molecule has 2 amide bonds. The molecule has 208 valence electrons. The van der Waals surface area contributed by atoms with Crippen LogP contribution in [-0.4, -0.2) is 53.5 Å². The number of nitrogens with zero attached hydrogens (tertiary/aromatic N) is 2. The van der Waals surface area contributed by atoms with Gasteiger partial charge >= 0.3 is 11.9 Å². The number of carbonyl (C=O) groups excluding carboxylic acids is 6. The van der Waals surface area contributed by atoms with E-state index in [9.17, 15) is 28.8 Å². The summed E-state index contributed by atoms with van der Waals surface area (Å²) in [5.41, 5.74) is 1.28. The first-order valence-electron chi connectivity index (χ1n) is 13.2. The van der Waals surface area contributed by atoms with Gasteiger partial charge in [0.1, 0.15) is 5.92 Å². The predicted molar refractivity (Wildman–Crippen MR) is 149 cm³/mol. The molecule has 0 bridgehead atoms. The zero-order valence-corrected chi connectivity index (χ0v) is 22.5. The van der Waals surface area contributed by atoms with Crippen LogP contribution in [0.3, 0.4) is 0 Å². The highest BCUT2D eigenvalue weighted by Crippen LogP contribution is 2.37. The lowest BCUT2D eigenvalue weighted by Crippen LogP contribution is -2.29. The Morgan fingerprint density at radius 2 is 1.31 bits per heavy atom. The van der Waals surface area contributed by atoms with Crippen LogP contribution in [0.15, 0.2) is 66.7 Å². The molecule has 6 rings (SSSR count). The summed E-state index contributed by atoms with van der Waals surface area (Å²) in [7, 11) is 0. The molecule has 42 heavy (non-hydrogen) atoms. The third-order valence-electron chi connectivity index (χ3n) is 7.24. The van der Waals surface area contributed by atoms with Crippen molar-refractivity contribution in [2.24, 2.45) is 0 Å². The third kappa shape index (κ3) is 4.07. The number of aromatic nitrogens is 1. The Kier molecular flexibility index (Phi) is 6.45. The highest BCUT2D eigenvalue weighted by Gasteiger charge is 2.42. The fourth-order valence-electron chi connectivity index (χ4n) is 5.29. The quantitative estimate of drug-likeness (QED) is 0.188. The molecule has 1 atom stereocenters. The van der Waals surface area contributed by atoms with Crippen molar-refractivity contribution < 1.29 is 38.2 Å². The molecular weight excluding hydrogens is 540 g/mol. The maximum atomic E-state index is 13.5. The number of anilines is 1. The van der Waals surface area contributed by atoms with Crippen LogP contribution in [0.4, 0.5) is 5.69 Å². The first kappa shape index (κ1) is 26.7. The topological polar surface area (TPSA) is 137 Å². The monoisotopic (exact) mass is 562 g/mol. The number of hydrogen-bond donors (Lipinski definition) is 0. The smallest absolute Gasteiger partial charge is 0.338 e. The van der Waals surface area contributed by atoms with Crippen molar-refractivity contribution in [2.45, 2.75) is 19.8 Å². The zero-order chi connectivity index (χ0) is 29.7. The van der Waals surface area contributed by atoms with E-state index in [4.69, 9.17) is 9.47 Å². The van der Waals surface area contributed by atoms with E-state index in [1.54, 1.807) is 44.2 Å². The largest absolute Gasteiger partial charge is 0.462 e. The first-order valence-corrected chi connectivity index (χ1v) is 13.2. The van der Waals surface area contributed by atoms with Crippen LogP contribution in [0.1, 0.15) is 87.6 Å². The van der Waals surface area contributed by atoms with Gasteiger partial charge in [-0.3, -0.25) is 19.2 Å². The average Bonchev–Trinajstić information content (AvgIpc) is 3.40. The first-order chi connectivity index (χ1) is 20.2. The Morgan fingerprint density at radius 3 is 1.98 bits per heavy atom. The van der Waals surface area contributed by atoms with Crippen LogP contribution in [-0.2, 0) is 9.47 Å². The van der Waals surface area contributed by atoms with E-state index in [0.717, 1.165) is 4.90 Å². The predicted octanol–water partition coefficient (Wildman–Crippen LogP) is 4.55. The summed E-state index contributed by atoms with van der Waals surface area (Å²) in [4.78, 5) is 83.7. The molecule has 0 fully saturated rings. The van der Waals surface area contributed by atoms with Gasteiger partial charge in [-0.1, -0.05) is 18.2 Å². The van der Waals surface area contributed by atoms with Gasteiger partial charge in [-0.25, -0.2) is 19.5 Å². The molecule has 0 saturated carbocycles. The molecule has 0 saturated heterocycles. The number of ketones is 2. The van der Waals surface area contributed by atoms with Gasteiger partial charge < -0.3 is 9.47 Å². The van der Waals surface area contributed by atoms with Crippen LogP contribution in [0.2, 0.25) is 0 Å². The molecule has 2 aliphatic rings. The van der Waals surface area contributed by atoms with E-state index in [0.29, 0.717) is 5.39 Å². The number of carbonyl (C=O) groups is 6. The Bertz CT molecular complexity index is 1890. The number of amides is 2. The van der Waals surface area contributed by atoms with Gasteiger partial charge in [0.05, 0.1) is 52.4 Å². The van der Waals surface area contributed by atoms with Crippen LogP contribution < -0.4 is 4.90 Å². The molecule has 4 aromatic rings. The van der Waals surface area contributed by atoms with E-state index in [-0.39, 0.29) is 63.5 Å². The molecule has 1 aliphatic heterocycles. The van der Waals surface area contributed by atoms with E-state index in [1.807, 2.05) is 0 Å². The second kappa shape index (κ2) is 10.2. The van der Waals surface area contributed by atoms with Gasteiger partial charge in [0.15, 0.2) is 11.6 Å². The van der Waals surface area contributed by atoms with Crippen LogP contribution >= 0.6 is 0 Å². The second-order valence-electron chi connectivity index (χ2n) is 9.65. The van der Waals surface area contributed by atoms with Crippen molar-refractivity contribution in [3.8, 4) is 0 Å². The van der Waals surface area contributed by atoms with Crippen molar-refractivity contribution in [3.63, 3.8) is 0 Å². The molecule has 10 heteroatoms. The van der Waals surface area contributed by atoms with Gasteiger partial charge in [-0.2, -0.15) is 0 Å². The molecule has 0 radical (unpaired) electrons. The summed E-state index contributed by atoms with van der Waals surface area (Å²) in [5, 5.41) is 0.569. The van der Waals surface area contributed by atoms with Crippen molar-refractivity contribution in [1.82, 2.24) is 4.98 Å². The Morgan fingerprint density at radius 1 is 0.714 bits per heavy atom. The van der Waals surface area contributed by atoms with E-state index in [2.05, 4.69) is 4.98 Å². The minimum atomic E-state index is -1.26. The number of hydrogen-bond acceptors (Lipinski definition) is 9. The van der Waals surface area contributed by atoms with Crippen LogP contribution in [0.25, 0.3) is 10.9 Å². The molecule has 0 spiro atoms. The molecule has 2 heterocycles. The lowest BCUT2D eigenvalue weighted by molar-refractivity contribution is 0.0516. The second-order valence-corrected chi connectivity index (χ2v) is 9.65. The highest BCUT2D eigenvalue weighted by molar-refractivity contribution is 6.36. The molecule has 1 unspecified atom stereocenters. The normalized spacial score (nSPS) is 15.7. The highest BCUT2D eigenvalue weighted by atomic mass is 16.5. The zero-order valence-electron chi connectivity index (χ0n) is 22.5. The number of rotatable bonds is 6. The van der Waals surface area contributed by atoms with Gasteiger partial charge in [0.25, 0.3) is 11.8 Å². The number of ether oxygens (including phenoxy) is 2. The fourth-order valence-corrected chi connectivity index (χ4v) is 5.29. The summed E-state index contributed by atoms with van der Waals surface area (Å²) in [6.07, 6.45) is 0. The van der Waals surface area contributed by atoms with Crippen molar-refractivity contribution in [1.29, 1.82) is 0 Å². The van der Waals surface area contributed by atoms with Crippen LogP contribution in [0.5, 0.6) is 0 Å². The molecule has 0 N–H and O–H groups in total. The number of pyridine rings is 1. The van der Waals surface area contributed by atoms with E-state index >= 15 is 0 Å². The van der Waals surface area contributed by atoms with Crippen molar-refractivity contribution in [3.05, 3.63) is 106 Å². The number of imide groups is 1. The minimum absolute atomic E-state index is 0.0488. The van der Waals surface area contributed by atoms with Gasteiger partial charge in [-0.05, 0) is 62.4 Å². The van der Waals surface area contributed by atoms with E-state index < -0.39 is 41.2 Å². The van der Waals surface area contributed by atoms with Gasteiger partial charge in [0, 0.05) is 16.5 Å². The summed E-state index contributed by atoms with van der Waals surface area (Å²) < 4.78 is 10.0. The third-order valence-corrected chi connectivity index (χ3v) is 7.24. The number of para-hydroxylation sites is 1. The van der Waals surface area contributed by atoms with Crippen molar-refractivity contribution in [2.75, 3.05) is 18.1 Å². The van der Waals surface area contributed by atoms with E-state index in [1.165, 1.54) is 36.4 Å². The number of fused-ring (bicyclic) bond motifs is 3. The molecule has 1 aromatic heterocycles. The summed E-state index contributed by atoms with van der Waals surface area (Å²) in [5.74, 6) is -4.71. The standard InChI is InChI=1S/C32H22N2O8/c1-3-41-31(39)17-8-11-19-21(14-17)28(36)25(27(19)35)23-13-10-16-6-5-7-24(26(16)33-23)34-29(37)20-12-9-18(32(40)42-4-2)15-22(20)30(34)38/h5-15,25H,3-4H2,1-2H3. The Hall–Kier alpha value is -5.51. The minimum Gasteiger partial charge on any atom is -0.462 e.